The van der Waals surface area contributed by atoms with Gasteiger partial charge < -0.3 is 4.74 Å². The molecule has 0 bridgehead atoms. The number of rotatable bonds is 4. The van der Waals surface area contributed by atoms with E-state index in [0.717, 1.165) is 12.8 Å². The van der Waals surface area contributed by atoms with E-state index < -0.39 is 15.6 Å². The van der Waals surface area contributed by atoms with Gasteiger partial charge in [0.05, 0.1) is 16.4 Å². The van der Waals surface area contributed by atoms with Crippen LogP contribution < -0.4 is 0 Å². The molecule has 0 saturated carbocycles. The molecule has 1 aliphatic rings. The van der Waals surface area contributed by atoms with Gasteiger partial charge in [0.15, 0.2) is 0 Å². The molecular weight excluding hydrogens is 306 g/mol. The zero-order chi connectivity index (χ0) is 14.1. The molecule has 108 valence electrons. The lowest BCUT2D eigenvalue weighted by Crippen LogP contribution is -2.49. The first-order valence-corrected chi connectivity index (χ1v) is 8.96. The van der Waals surface area contributed by atoms with E-state index in [2.05, 4.69) is 0 Å². The van der Waals surface area contributed by atoms with Crippen LogP contribution in [0.5, 0.6) is 0 Å². The summed E-state index contributed by atoms with van der Waals surface area (Å²) in [5, 5.41) is 1.77. The van der Waals surface area contributed by atoms with Gasteiger partial charge in [0, 0.05) is 25.1 Å². The summed E-state index contributed by atoms with van der Waals surface area (Å²) in [5.74, 6) is 0.224. The number of piperidine rings is 1. The third-order valence-corrected chi connectivity index (χ3v) is 6.97. The molecule has 0 amide bonds. The largest absolute Gasteiger partial charge is 0.377 e. The monoisotopic (exact) mass is 323 g/mol. The van der Waals surface area contributed by atoms with Crippen LogP contribution in [0, 0.1) is 0 Å². The van der Waals surface area contributed by atoms with Crippen molar-refractivity contribution in [3.63, 3.8) is 0 Å². The first kappa shape index (κ1) is 15.3. The summed E-state index contributed by atoms with van der Waals surface area (Å²) >= 11 is 7.18. The average Bonchev–Trinajstić information content (AvgIpc) is 2.88. The second-order valence-corrected chi connectivity index (χ2v) is 8.11. The van der Waals surface area contributed by atoms with Gasteiger partial charge in [-0.3, -0.25) is 0 Å². The first-order chi connectivity index (χ1) is 8.93. The van der Waals surface area contributed by atoms with E-state index >= 15 is 0 Å². The summed E-state index contributed by atoms with van der Waals surface area (Å²) < 4.78 is 32.3. The number of thiophene rings is 1. The molecule has 1 atom stereocenters. The highest BCUT2D eigenvalue weighted by molar-refractivity contribution is 7.89. The molecule has 0 radical (unpaired) electrons. The fourth-order valence-corrected chi connectivity index (χ4v) is 5.59. The highest BCUT2D eigenvalue weighted by Crippen LogP contribution is 2.31. The van der Waals surface area contributed by atoms with E-state index in [1.807, 2.05) is 6.92 Å². The molecule has 0 spiro atoms. The summed E-state index contributed by atoms with van der Waals surface area (Å²) in [7, 11) is -1.83. The second kappa shape index (κ2) is 5.69. The Labute approximate surface area is 123 Å². The van der Waals surface area contributed by atoms with E-state index in [-0.39, 0.29) is 5.88 Å². The number of alkyl halides is 1. The van der Waals surface area contributed by atoms with Crippen molar-refractivity contribution < 1.29 is 13.2 Å². The number of nitrogens with zero attached hydrogens (tertiary/aromatic N) is 1. The highest BCUT2D eigenvalue weighted by Gasteiger charge is 2.37. The standard InChI is InChI=1S/C12H18ClNO3S2/c1-12(17-2)5-3-6-14(9-12)19(15,16)11-4-7-18-10(11)8-13/h4,7H,3,5-6,8-9H2,1-2H3. The number of ether oxygens (including phenoxy) is 1. The SMILES string of the molecule is COC1(C)CCCN(S(=O)(=O)c2ccsc2CCl)C1. The van der Waals surface area contributed by atoms with Crippen LogP contribution in [0.25, 0.3) is 0 Å². The lowest BCUT2D eigenvalue weighted by molar-refractivity contribution is -0.0319. The summed E-state index contributed by atoms with van der Waals surface area (Å²) in [6.45, 7) is 2.88. The van der Waals surface area contributed by atoms with Gasteiger partial charge >= 0.3 is 0 Å². The van der Waals surface area contributed by atoms with Crippen LogP contribution in [0.1, 0.15) is 24.6 Å². The third-order valence-electron chi connectivity index (χ3n) is 3.56. The molecule has 0 aromatic carbocycles. The molecule has 4 nitrogen and oxygen atoms in total. The van der Waals surface area contributed by atoms with Crippen molar-refractivity contribution in [2.24, 2.45) is 0 Å². The molecule has 2 heterocycles. The Hall–Kier alpha value is -0.140. The van der Waals surface area contributed by atoms with Crippen LogP contribution in [0.2, 0.25) is 0 Å². The number of halogens is 1. The molecule has 1 fully saturated rings. The quantitative estimate of drug-likeness (QED) is 0.800. The molecule has 0 aliphatic carbocycles. The van der Waals surface area contributed by atoms with Crippen molar-refractivity contribution in [3.05, 3.63) is 16.3 Å². The predicted octanol–water partition coefficient (Wildman–Crippen LogP) is 2.68. The van der Waals surface area contributed by atoms with Gasteiger partial charge in [0.1, 0.15) is 0 Å². The Balaban J connectivity index is 2.30. The Morgan fingerprint density at radius 3 is 2.95 bits per heavy atom. The summed E-state index contributed by atoms with van der Waals surface area (Å²) in [6.07, 6.45) is 1.69. The van der Waals surface area contributed by atoms with E-state index in [4.69, 9.17) is 16.3 Å². The van der Waals surface area contributed by atoms with Crippen molar-refractivity contribution in [2.45, 2.75) is 36.1 Å². The Kier molecular flexibility index (Phi) is 4.57. The zero-order valence-corrected chi connectivity index (χ0v) is 13.4. The molecular formula is C12H18ClNO3S2. The van der Waals surface area contributed by atoms with Gasteiger partial charge in [-0.1, -0.05) is 0 Å². The number of sulfonamides is 1. The minimum atomic E-state index is -3.46. The molecule has 1 unspecified atom stereocenters. The first-order valence-electron chi connectivity index (χ1n) is 6.10. The van der Waals surface area contributed by atoms with Crippen molar-refractivity contribution >= 4 is 33.0 Å². The van der Waals surface area contributed by atoms with Crippen LogP contribution in [0.4, 0.5) is 0 Å². The molecule has 1 aromatic heterocycles. The molecule has 2 rings (SSSR count). The van der Waals surface area contributed by atoms with Crippen molar-refractivity contribution in [3.8, 4) is 0 Å². The lowest BCUT2D eigenvalue weighted by Gasteiger charge is -2.38. The van der Waals surface area contributed by atoms with Crippen molar-refractivity contribution in [2.75, 3.05) is 20.2 Å². The maximum absolute atomic E-state index is 12.7. The summed E-state index contributed by atoms with van der Waals surface area (Å²) in [5.41, 5.74) is -0.400. The zero-order valence-electron chi connectivity index (χ0n) is 11.1. The van der Waals surface area contributed by atoms with Crippen LogP contribution in [0.15, 0.2) is 16.3 Å². The molecule has 19 heavy (non-hydrogen) atoms. The van der Waals surface area contributed by atoms with E-state index in [1.54, 1.807) is 18.6 Å². The van der Waals surface area contributed by atoms with E-state index in [1.165, 1.54) is 15.6 Å². The maximum Gasteiger partial charge on any atom is 0.244 e. The van der Waals surface area contributed by atoms with Crippen molar-refractivity contribution in [1.29, 1.82) is 0 Å². The van der Waals surface area contributed by atoms with Crippen LogP contribution in [-0.4, -0.2) is 38.5 Å². The normalized spacial score (nSPS) is 25.6. The smallest absolute Gasteiger partial charge is 0.244 e. The van der Waals surface area contributed by atoms with Crippen molar-refractivity contribution in [1.82, 2.24) is 4.31 Å². The summed E-state index contributed by atoms with van der Waals surface area (Å²) in [4.78, 5) is 1.04. The lowest BCUT2D eigenvalue weighted by atomic mass is 9.96. The molecule has 1 aromatic rings. The van der Waals surface area contributed by atoms with E-state index in [9.17, 15) is 8.42 Å². The predicted molar refractivity (Wildman–Crippen MR) is 77.3 cm³/mol. The van der Waals surface area contributed by atoms with Gasteiger partial charge in [-0.15, -0.1) is 22.9 Å². The van der Waals surface area contributed by atoms with Crippen LogP contribution in [-0.2, 0) is 20.6 Å². The fraction of sp³-hybridized carbons (Fsp3) is 0.667. The van der Waals surface area contributed by atoms with Gasteiger partial charge in [-0.25, -0.2) is 8.42 Å². The number of methoxy groups -OCH3 is 1. The Morgan fingerprint density at radius 2 is 2.32 bits per heavy atom. The average molecular weight is 324 g/mol. The van der Waals surface area contributed by atoms with Crippen LogP contribution >= 0.6 is 22.9 Å². The van der Waals surface area contributed by atoms with E-state index in [0.29, 0.717) is 22.9 Å². The second-order valence-electron chi connectivity index (χ2n) is 4.94. The third kappa shape index (κ3) is 2.97. The fourth-order valence-electron chi connectivity index (χ4n) is 2.33. The summed E-state index contributed by atoms with van der Waals surface area (Å²) in [6, 6.07) is 1.64. The maximum atomic E-state index is 12.7. The number of hydrogen-bond donors (Lipinski definition) is 0. The molecule has 0 N–H and O–H groups in total. The Bertz CT molecular complexity index is 543. The minimum Gasteiger partial charge on any atom is -0.377 e. The minimum absolute atomic E-state index is 0.224. The Morgan fingerprint density at radius 1 is 1.58 bits per heavy atom. The van der Waals surface area contributed by atoms with Gasteiger partial charge in [-0.2, -0.15) is 4.31 Å². The van der Waals surface area contributed by atoms with Crippen LogP contribution in [0.3, 0.4) is 0 Å². The molecule has 1 saturated heterocycles. The number of hydrogen-bond acceptors (Lipinski definition) is 4. The van der Waals surface area contributed by atoms with Gasteiger partial charge in [0.2, 0.25) is 10.0 Å². The highest BCUT2D eigenvalue weighted by atomic mass is 35.5. The molecule has 1 aliphatic heterocycles. The van der Waals surface area contributed by atoms with Gasteiger partial charge in [0.25, 0.3) is 0 Å². The van der Waals surface area contributed by atoms with Gasteiger partial charge in [-0.05, 0) is 31.2 Å². The topological polar surface area (TPSA) is 46.6 Å². The molecule has 7 heteroatoms.